The molecule has 43 heavy (non-hydrogen) atoms. The summed E-state index contributed by atoms with van der Waals surface area (Å²) >= 11 is 6.07. The smallest absolute Gasteiger partial charge is 0.305 e. The molecule has 1 aliphatic rings. The molecule has 1 aromatic heterocycles. The summed E-state index contributed by atoms with van der Waals surface area (Å²) in [6, 6.07) is 23.8. The summed E-state index contributed by atoms with van der Waals surface area (Å²) in [7, 11) is 0. The van der Waals surface area contributed by atoms with Crippen LogP contribution in [0.3, 0.4) is 0 Å². The maximum Gasteiger partial charge on any atom is 0.305 e. The molecule has 1 saturated heterocycles. The predicted octanol–water partition coefficient (Wildman–Crippen LogP) is 7.68. The number of carbonyl (C=O) groups is 1. The van der Waals surface area contributed by atoms with E-state index in [1.807, 2.05) is 61.5 Å². The lowest BCUT2D eigenvalue weighted by Gasteiger charge is -2.32. The molecule has 0 unspecified atom stereocenters. The highest BCUT2D eigenvalue weighted by atomic mass is 35.5. The summed E-state index contributed by atoms with van der Waals surface area (Å²) in [5, 5.41) is 0.683. The van der Waals surface area contributed by atoms with Gasteiger partial charge < -0.3 is 23.7 Å². The molecule has 3 aromatic carbocycles. The van der Waals surface area contributed by atoms with Crippen LogP contribution in [0.4, 0.5) is 0 Å². The van der Waals surface area contributed by atoms with Crippen LogP contribution in [0.1, 0.15) is 56.8 Å². The van der Waals surface area contributed by atoms with Gasteiger partial charge in [-0.3, -0.25) is 4.79 Å². The van der Waals surface area contributed by atoms with Gasteiger partial charge in [0.25, 0.3) is 0 Å². The second-order valence-corrected chi connectivity index (χ2v) is 11.6. The van der Waals surface area contributed by atoms with Crippen LogP contribution in [0.15, 0.2) is 72.8 Å². The standard InChI is InChI=1S/C35H42ClN3O4/c1-2-41-34(40)14-8-21-38-23-19-27(20-24-38)11-7-22-39-31-12-6-13-32(43-25-28-9-4-3-5-10-28)35(31)37-33(39)26-42-30-17-15-29(36)16-18-30/h3-6,9-10,12-13,15-18,27H,2,7-8,11,14,19-26H2,1H3. The van der Waals surface area contributed by atoms with Crippen molar-refractivity contribution in [3.8, 4) is 11.5 Å². The third-order valence-corrected chi connectivity index (χ3v) is 8.35. The van der Waals surface area contributed by atoms with Crippen molar-refractivity contribution in [1.82, 2.24) is 14.5 Å². The van der Waals surface area contributed by atoms with Gasteiger partial charge in [-0.2, -0.15) is 0 Å². The minimum atomic E-state index is -0.0859. The van der Waals surface area contributed by atoms with E-state index in [0.29, 0.717) is 31.3 Å². The first-order chi connectivity index (χ1) is 21.1. The van der Waals surface area contributed by atoms with Gasteiger partial charge >= 0.3 is 5.97 Å². The summed E-state index contributed by atoms with van der Waals surface area (Å²) in [6.45, 7) is 7.21. The molecule has 1 fully saturated rings. The highest BCUT2D eigenvalue weighted by Gasteiger charge is 2.20. The largest absolute Gasteiger partial charge is 0.487 e. The van der Waals surface area contributed by atoms with Crippen LogP contribution in [0.5, 0.6) is 11.5 Å². The Labute approximate surface area is 259 Å². The Morgan fingerprint density at radius 1 is 0.907 bits per heavy atom. The first-order valence-corrected chi connectivity index (χ1v) is 15.9. The number of ether oxygens (including phenoxy) is 3. The van der Waals surface area contributed by atoms with Crippen LogP contribution in [0.25, 0.3) is 11.0 Å². The first-order valence-electron chi connectivity index (χ1n) is 15.5. The van der Waals surface area contributed by atoms with Crippen LogP contribution in [0.2, 0.25) is 5.02 Å². The molecule has 0 aliphatic carbocycles. The van der Waals surface area contributed by atoms with E-state index in [1.165, 1.54) is 19.3 Å². The number of imidazole rings is 1. The number of aromatic nitrogens is 2. The summed E-state index contributed by atoms with van der Waals surface area (Å²) in [4.78, 5) is 19.1. The molecule has 0 amide bonds. The van der Waals surface area contributed by atoms with E-state index < -0.39 is 0 Å². The van der Waals surface area contributed by atoms with Gasteiger partial charge in [0.15, 0.2) is 0 Å². The highest BCUT2D eigenvalue weighted by Crippen LogP contribution is 2.29. The van der Waals surface area contributed by atoms with Crippen molar-refractivity contribution in [2.24, 2.45) is 5.92 Å². The number of piperidine rings is 1. The molecule has 5 rings (SSSR count). The zero-order valence-electron chi connectivity index (χ0n) is 25.1. The number of esters is 1. The van der Waals surface area contributed by atoms with Crippen LogP contribution >= 0.6 is 11.6 Å². The summed E-state index contributed by atoms with van der Waals surface area (Å²) in [6.07, 6.45) is 6.03. The Kier molecular flexibility index (Phi) is 11.3. The zero-order valence-corrected chi connectivity index (χ0v) is 25.8. The Balaban J connectivity index is 1.20. The van der Waals surface area contributed by atoms with E-state index in [1.54, 1.807) is 0 Å². The molecule has 1 aliphatic heterocycles. The first kappa shape index (κ1) is 30.9. The maximum absolute atomic E-state index is 11.6. The molecule has 0 saturated carbocycles. The lowest BCUT2D eigenvalue weighted by Crippen LogP contribution is -2.34. The fourth-order valence-corrected chi connectivity index (χ4v) is 5.90. The lowest BCUT2D eigenvalue weighted by atomic mass is 9.92. The minimum absolute atomic E-state index is 0.0859. The third-order valence-electron chi connectivity index (χ3n) is 8.10. The van der Waals surface area contributed by atoms with E-state index in [4.69, 9.17) is 30.8 Å². The second kappa shape index (κ2) is 15.8. The Morgan fingerprint density at radius 3 is 2.47 bits per heavy atom. The van der Waals surface area contributed by atoms with Gasteiger partial charge in [0.1, 0.15) is 36.1 Å². The zero-order chi connectivity index (χ0) is 29.9. The van der Waals surface area contributed by atoms with E-state index in [9.17, 15) is 4.79 Å². The van der Waals surface area contributed by atoms with E-state index in [0.717, 1.165) is 78.9 Å². The van der Waals surface area contributed by atoms with Crippen molar-refractivity contribution in [1.29, 1.82) is 0 Å². The SMILES string of the molecule is CCOC(=O)CCCN1CCC(CCCn2c(COc3ccc(Cl)cc3)nc3c(OCc4ccccc4)cccc32)CC1. The molecular formula is C35H42ClN3O4. The number of hydrogen-bond acceptors (Lipinski definition) is 6. The minimum Gasteiger partial charge on any atom is -0.487 e. The van der Waals surface area contributed by atoms with Crippen molar-refractivity contribution < 1.29 is 19.0 Å². The van der Waals surface area contributed by atoms with Crippen LogP contribution in [-0.4, -0.2) is 46.7 Å². The van der Waals surface area contributed by atoms with Crippen LogP contribution in [0, 0.1) is 5.92 Å². The van der Waals surface area contributed by atoms with Gasteiger partial charge in [-0.25, -0.2) is 4.98 Å². The normalized spacial score (nSPS) is 14.2. The fraction of sp³-hybridized carbons (Fsp3) is 0.429. The summed E-state index contributed by atoms with van der Waals surface area (Å²) in [5.41, 5.74) is 3.05. The van der Waals surface area contributed by atoms with E-state index in [-0.39, 0.29) is 5.97 Å². The lowest BCUT2D eigenvalue weighted by molar-refractivity contribution is -0.143. The number of fused-ring (bicyclic) bond motifs is 1. The molecule has 0 N–H and O–H groups in total. The number of benzene rings is 3. The van der Waals surface area contributed by atoms with Gasteiger partial charge in [-0.1, -0.05) is 48.0 Å². The average Bonchev–Trinajstić information content (AvgIpc) is 3.39. The number of halogens is 1. The topological polar surface area (TPSA) is 65.8 Å². The number of aryl methyl sites for hydroxylation is 1. The van der Waals surface area contributed by atoms with Crippen molar-refractivity contribution in [2.75, 3.05) is 26.2 Å². The molecule has 228 valence electrons. The fourth-order valence-electron chi connectivity index (χ4n) is 5.78. The van der Waals surface area contributed by atoms with Crippen molar-refractivity contribution in [3.63, 3.8) is 0 Å². The Morgan fingerprint density at radius 2 is 1.70 bits per heavy atom. The van der Waals surface area contributed by atoms with Crippen molar-refractivity contribution >= 4 is 28.6 Å². The molecular weight excluding hydrogens is 562 g/mol. The number of para-hydroxylation sites is 1. The molecule has 4 aromatic rings. The quantitative estimate of drug-likeness (QED) is 0.130. The van der Waals surface area contributed by atoms with Gasteiger partial charge in [0, 0.05) is 18.0 Å². The van der Waals surface area contributed by atoms with E-state index >= 15 is 0 Å². The van der Waals surface area contributed by atoms with Crippen molar-refractivity contribution in [3.05, 3.63) is 89.2 Å². The number of carbonyl (C=O) groups excluding carboxylic acids is 1. The van der Waals surface area contributed by atoms with Crippen LogP contribution in [-0.2, 0) is 29.3 Å². The predicted molar refractivity (Wildman–Crippen MR) is 171 cm³/mol. The van der Waals surface area contributed by atoms with Gasteiger partial charge in [0.05, 0.1) is 12.1 Å². The van der Waals surface area contributed by atoms with Gasteiger partial charge in [-0.05, 0) is 107 Å². The molecule has 0 spiro atoms. The Hall–Kier alpha value is -3.55. The highest BCUT2D eigenvalue weighted by molar-refractivity contribution is 6.30. The number of nitrogens with zero attached hydrogens (tertiary/aromatic N) is 3. The molecule has 8 heteroatoms. The van der Waals surface area contributed by atoms with Crippen LogP contribution < -0.4 is 9.47 Å². The van der Waals surface area contributed by atoms with Crippen molar-refractivity contribution in [2.45, 2.75) is 65.2 Å². The number of hydrogen-bond donors (Lipinski definition) is 0. The van der Waals surface area contributed by atoms with Gasteiger partial charge in [0.2, 0.25) is 0 Å². The number of rotatable bonds is 15. The average molecular weight is 604 g/mol. The van der Waals surface area contributed by atoms with E-state index in [2.05, 4.69) is 27.7 Å². The molecule has 7 nitrogen and oxygen atoms in total. The third kappa shape index (κ3) is 8.97. The maximum atomic E-state index is 11.6. The molecule has 0 atom stereocenters. The molecule has 0 bridgehead atoms. The monoisotopic (exact) mass is 603 g/mol. The summed E-state index contributed by atoms with van der Waals surface area (Å²) in [5.74, 6) is 3.06. The number of likely N-dealkylation sites (tertiary alicyclic amines) is 1. The Bertz CT molecular complexity index is 1430. The molecule has 0 radical (unpaired) electrons. The van der Waals surface area contributed by atoms with Gasteiger partial charge in [-0.15, -0.1) is 0 Å². The molecule has 2 heterocycles. The summed E-state index contributed by atoms with van der Waals surface area (Å²) < 4.78 is 19.7. The second-order valence-electron chi connectivity index (χ2n) is 11.2.